The van der Waals surface area contributed by atoms with Crippen molar-refractivity contribution in [1.82, 2.24) is 4.90 Å². The number of methoxy groups -OCH3 is 2. The molecule has 2 aromatic rings. The molecule has 5 heteroatoms. The van der Waals surface area contributed by atoms with Crippen molar-refractivity contribution in [3.05, 3.63) is 60.2 Å². The van der Waals surface area contributed by atoms with Gasteiger partial charge in [-0.1, -0.05) is 36.4 Å². The number of hydrogen-bond donors (Lipinski definition) is 1. The Morgan fingerprint density at radius 1 is 1.00 bits per heavy atom. The van der Waals surface area contributed by atoms with Crippen LogP contribution in [0.4, 0.5) is 0 Å². The van der Waals surface area contributed by atoms with E-state index in [1.807, 2.05) is 54.6 Å². The number of benzene rings is 2. The molecule has 2 aromatic carbocycles. The molecule has 0 aliphatic carbocycles. The van der Waals surface area contributed by atoms with Crippen molar-refractivity contribution in [2.75, 3.05) is 40.5 Å². The van der Waals surface area contributed by atoms with Gasteiger partial charge < -0.3 is 19.3 Å². The zero-order valence-electron chi connectivity index (χ0n) is 14.9. The molecule has 136 valence electrons. The number of ether oxygens (including phenoxy) is 3. The molecule has 0 radical (unpaired) electrons. The molecule has 0 aliphatic heterocycles. The minimum atomic E-state index is -0.591. The Balaban J connectivity index is 1.92. The fourth-order valence-electron chi connectivity index (χ4n) is 2.59. The van der Waals surface area contributed by atoms with E-state index in [0.29, 0.717) is 19.7 Å². The first-order chi connectivity index (χ1) is 12.2. The van der Waals surface area contributed by atoms with Gasteiger partial charge in [0.25, 0.3) is 0 Å². The fourth-order valence-corrected chi connectivity index (χ4v) is 2.59. The molecule has 0 saturated carbocycles. The van der Waals surface area contributed by atoms with Crippen LogP contribution >= 0.6 is 0 Å². The second-order valence-corrected chi connectivity index (χ2v) is 5.82. The van der Waals surface area contributed by atoms with Gasteiger partial charge in [0.15, 0.2) is 0 Å². The normalized spacial score (nSPS) is 12.2. The largest absolute Gasteiger partial charge is 0.496 e. The lowest BCUT2D eigenvalue weighted by molar-refractivity contribution is 0.0539. The Labute approximate surface area is 149 Å². The monoisotopic (exact) mass is 345 g/mol. The van der Waals surface area contributed by atoms with Crippen molar-refractivity contribution in [3.63, 3.8) is 0 Å². The first-order valence-electron chi connectivity index (χ1n) is 8.42. The first kappa shape index (κ1) is 19.2. The van der Waals surface area contributed by atoms with Gasteiger partial charge in [-0.2, -0.15) is 0 Å². The molecule has 0 heterocycles. The molecule has 1 atom stereocenters. The summed E-state index contributed by atoms with van der Waals surface area (Å²) in [6.45, 7) is 2.74. The molecule has 0 fully saturated rings. The maximum atomic E-state index is 10.3. The second kappa shape index (κ2) is 10.7. The van der Waals surface area contributed by atoms with Crippen LogP contribution in [0.5, 0.6) is 11.5 Å². The minimum Gasteiger partial charge on any atom is -0.496 e. The predicted molar refractivity (Wildman–Crippen MR) is 98.1 cm³/mol. The van der Waals surface area contributed by atoms with Gasteiger partial charge in [0.2, 0.25) is 0 Å². The lowest BCUT2D eigenvalue weighted by Crippen LogP contribution is -2.37. The molecular weight excluding hydrogens is 318 g/mol. The topological polar surface area (TPSA) is 51.2 Å². The number of nitrogens with zero attached hydrogens (tertiary/aromatic N) is 1. The van der Waals surface area contributed by atoms with Gasteiger partial charge in [0, 0.05) is 32.3 Å². The van der Waals surface area contributed by atoms with Crippen molar-refractivity contribution < 1.29 is 19.3 Å². The van der Waals surface area contributed by atoms with Crippen LogP contribution in [0.2, 0.25) is 0 Å². The average Bonchev–Trinajstić information content (AvgIpc) is 2.65. The molecule has 0 aromatic heterocycles. The van der Waals surface area contributed by atoms with Crippen molar-refractivity contribution >= 4 is 0 Å². The molecule has 0 saturated heterocycles. The Hall–Kier alpha value is -2.08. The SMILES string of the molecule is COCCN(Cc1ccccc1OC)CC(O)COc1ccccc1. The summed E-state index contributed by atoms with van der Waals surface area (Å²) in [6, 6.07) is 17.4. The van der Waals surface area contributed by atoms with Gasteiger partial charge in [0.1, 0.15) is 24.2 Å². The third kappa shape index (κ3) is 6.74. The summed E-state index contributed by atoms with van der Waals surface area (Å²) < 4.78 is 16.2. The molecule has 5 nitrogen and oxygen atoms in total. The van der Waals surface area contributed by atoms with E-state index in [-0.39, 0.29) is 6.61 Å². The van der Waals surface area contributed by atoms with Gasteiger partial charge >= 0.3 is 0 Å². The highest BCUT2D eigenvalue weighted by Gasteiger charge is 2.15. The lowest BCUT2D eigenvalue weighted by Gasteiger charge is -2.25. The van der Waals surface area contributed by atoms with Crippen molar-refractivity contribution in [3.8, 4) is 11.5 Å². The van der Waals surface area contributed by atoms with Gasteiger partial charge in [-0.05, 0) is 18.2 Å². The van der Waals surface area contributed by atoms with Crippen LogP contribution in [0.3, 0.4) is 0 Å². The highest BCUT2D eigenvalue weighted by molar-refractivity contribution is 5.33. The third-order valence-corrected chi connectivity index (χ3v) is 3.85. The van der Waals surface area contributed by atoms with Gasteiger partial charge in [-0.15, -0.1) is 0 Å². The molecule has 0 aliphatic rings. The number of para-hydroxylation sites is 2. The van der Waals surface area contributed by atoms with E-state index in [2.05, 4.69) is 4.90 Å². The number of aliphatic hydroxyl groups excluding tert-OH is 1. The highest BCUT2D eigenvalue weighted by atomic mass is 16.5. The summed E-state index contributed by atoms with van der Waals surface area (Å²) >= 11 is 0. The maximum absolute atomic E-state index is 10.3. The molecular formula is C20H27NO4. The second-order valence-electron chi connectivity index (χ2n) is 5.82. The van der Waals surface area contributed by atoms with E-state index >= 15 is 0 Å². The summed E-state index contributed by atoms with van der Waals surface area (Å²) in [7, 11) is 3.34. The first-order valence-corrected chi connectivity index (χ1v) is 8.42. The molecule has 1 unspecified atom stereocenters. The van der Waals surface area contributed by atoms with Crippen molar-refractivity contribution in [2.24, 2.45) is 0 Å². The van der Waals surface area contributed by atoms with E-state index in [1.165, 1.54) is 0 Å². The zero-order valence-corrected chi connectivity index (χ0v) is 14.9. The van der Waals surface area contributed by atoms with Crippen LogP contribution in [-0.4, -0.2) is 56.6 Å². The summed E-state index contributed by atoms with van der Waals surface area (Å²) in [5, 5.41) is 10.3. The van der Waals surface area contributed by atoms with Crippen molar-refractivity contribution in [1.29, 1.82) is 0 Å². The summed E-state index contributed by atoms with van der Waals surface area (Å²) in [5.74, 6) is 1.61. The fraction of sp³-hybridized carbons (Fsp3) is 0.400. The van der Waals surface area contributed by atoms with E-state index < -0.39 is 6.10 Å². The zero-order chi connectivity index (χ0) is 17.9. The van der Waals surface area contributed by atoms with Crippen LogP contribution in [0.15, 0.2) is 54.6 Å². The summed E-state index contributed by atoms with van der Waals surface area (Å²) in [5.41, 5.74) is 1.08. The molecule has 1 N–H and O–H groups in total. The minimum absolute atomic E-state index is 0.249. The molecule has 0 spiro atoms. The Kier molecular flexibility index (Phi) is 8.25. The average molecular weight is 345 g/mol. The van der Waals surface area contributed by atoms with Crippen LogP contribution < -0.4 is 9.47 Å². The number of aliphatic hydroxyl groups is 1. The van der Waals surface area contributed by atoms with Crippen molar-refractivity contribution in [2.45, 2.75) is 12.6 Å². The van der Waals surface area contributed by atoms with E-state index in [9.17, 15) is 5.11 Å². The van der Waals surface area contributed by atoms with E-state index in [1.54, 1.807) is 14.2 Å². The van der Waals surface area contributed by atoms with E-state index in [0.717, 1.165) is 23.6 Å². The van der Waals surface area contributed by atoms with Crippen LogP contribution in [0.1, 0.15) is 5.56 Å². The Morgan fingerprint density at radius 2 is 1.72 bits per heavy atom. The van der Waals surface area contributed by atoms with Gasteiger partial charge in [-0.3, -0.25) is 4.90 Å². The highest BCUT2D eigenvalue weighted by Crippen LogP contribution is 2.19. The summed E-state index contributed by atoms with van der Waals surface area (Å²) in [6.07, 6.45) is -0.591. The summed E-state index contributed by atoms with van der Waals surface area (Å²) in [4.78, 5) is 2.14. The standard InChI is InChI=1S/C20H27NO4/c1-23-13-12-21(14-17-8-6-7-11-20(17)24-2)15-18(22)16-25-19-9-4-3-5-10-19/h3-11,18,22H,12-16H2,1-2H3. The predicted octanol–water partition coefficient (Wildman–Crippen LogP) is 2.58. The Bertz CT molecular complexity index is 606. The third-order valence-electron chi connectivity index (χ3n) is 3.85. The molecule has 0 bridgehead atoms. The number of rotatable bonds is 11. The van der Waals surface area contributed by atoms with Gasteiger partial charge in [0.05, 0.1) is 13.7 Å². The van der Waals surface area contributed by atoms with Gasteiger partial charge in [-0.25, -0.2) is 0 Å². The molecule has 0 amide bonds. The smallest absolute Gasteiger partial charge is 0.123 e. The van der Waals surface area contributed by atoms with Crippen LogP contribution in [0, 0.1) is 0 Å². The number of hydrogen-bond acceptors (Lipinski definition) is 5. The van der Waals surface area contributed by atoms with Crippen LogP contribution in [-0.2, 0) is 11.3 Å². The lowest BCUT2D eigenvalue weighted by atomic mass is 10.1. The van der Waals surface area contributed by atoms with E-state index in [4.69, 9.17) is 14.2 Å². The quantitative estimate of drug-likeness (QED) is 0.678. The molecule has 25 heavy (non-hydrogen) atoms. The van der Waals surface area contributed by atoms with Crippen LogP contribution in [0.25, 0.3) is 0 Å². The maximum Gasteiger partial charge on any atom is 0.123 e. The molecule has 2 rings (SSSR count). The Morgan fingerprint density at radius 3 is 2.44 bits per heavy atom.